The normalized spacial score (nSPS) is 21.5. The van der Waals surface area contributed by atoms with Gasteiger partial charge >= 0.3 is 6.03 Å². The zero-order valence-electron chi connectivity index (χ0n) is 14.8. The van der Waals surface area contributed by atoms with Gasteiger partial charge in [-0.3, -0.25) is 10.2 Å². The Kier molecular flexibility index (Phi) is 5.14. The van der Waals surface area contributed by atoms with Crippen LogP contribution in [0.5, 0.6) is 0 Å². The van der Waals surface area contributed by atoms with Gasteiger partial charge in [-0.05, 0) is 54.4 Å². The van der Waals surface area contributed by atoms with Gasteiger partial charge in [-0.2, -0.15) is 0 Å². The second-order valence-electron chi connectivity index (χ2n) is 8.07. The molecule has 3 amide bonds. The number of nitrogens with zero attached hydrogens (tertiary/aromatic N) is 1. The quantitative estimate of drug-likeness (QED) is 0.574. The molecule has 0 aromatic rings. The Morgan fingerprint density at radius 1 is 1.18 bits per heavy atom. The molecule has 0 spiro atoms. The smallest absolute Gasteiger partial charge is 0.326 e. The van der Waals surface area contributed by atoms with Crippen molar-refractivity contribution in [1.29, 1.82) is 0 Å². The van der Waals surface area contributed by atoms with E-state index in [4.69, 9.17) is 5.73 Å². The molecule has 0 aliphatic carbocycles. The van der Waals surface area contributed by atoms with Crippen LogP contribution in [0.3, 0.4) is 0 Å². The summed E-state index contributed by atoms with van der Waals surface area (Å²) in [6, 6.07) is -0.604. The van der Waals surface area contributed by atoms with E-state index in [0.717, 1.165) is 12.8 Å². The number of nitrogens with one attached hydrogen (secondary N) is 3. The van der Waals surface area contributed by atoms with E-state index in [1.54, 1.807) is 20.9 Å². The molecule has 7 nitrogen and oxygen atoms in total. The van der Waals surface area contributed by atoms with Gasteiger partial charge in [0.25, 0.3) is 0 Å². The molecule has 7 heteroatoms. The molecular formula is C15H31N5O2. The monoisotopic (exact) mass is 313 g/mol. The number of rotatable bonds is 4. The van der Waals surface area contributed by atoms with E-state index in [1.807, 2.05) is 0 Å². The van der Waals surface area contributed by atoms with Crippen LogP contribution in [0, 0.1) is 0 Å². The Hall–Kier alpha value is -1.34. The van der Waals surface area contributed by atoms with E-state index in [0.29, 0.717) is 0 Å². The highest BCUT2D eigenvalue weighted by Crippen LogP contribution is 2.29. The number of hydrogen-bond acceptors (Lipinski definition) is 4. The van der Waals surface area contributed by atoms with Gasteiger partial charge in [-0.15, -0.1) is 0 Å². The van der Waals surface area contributed by atoms with Crippen molar-refractivity contribution >= 4 is 11.9 Å². The van der Waals surface area contributed by atoms with Gasteiger partial charge in [0.15, 0.2) is 0 Å². The van der Waals surface area contributed by atoms with Crippen LogP contribution in [0.15, 0.2) is 0 Å². The molecule has 1 aliphatic heterocycles. The lowest BCUT2D eigenvalue weighted by molar-refractivity contribution is -0.133. The van der Waals surface area contributed by atoms with Gasteiger partial charge in [0.05, 0.1) is 0 Å². The number of hydrogen-bond donors (Lipinski definition) is 4. The lowest BCUT2D eigenvalue weighted by Crippen LogP contribution is -2.65. The van der Waals surface area contributed by atoms with Crippen molar-refractivity contribution in [2.24, 2.45) is 5.73 Å². The summed E-state index contributed by atoms with van der Waals surface area (Å²) in [6.45, 7) is 12.0. The first-order valence-electron chi connectivity index (χ1n) is 7.65. The summed E-state index contributed by atoms with van der Waals surface area (Å²) in [5.74, 6) is -0.137. The van der Waals surface area contributed by atoms with Crippen molar-refractivity contribution < 1.29 is 9.59 Å². The van der Waals surface area contributed by atoms with Crippen LogP contribution < -0.4 is 21.8 Å². The molecule has 1 saturated heterocycles. The first-order chi connectivity index (χ1) is 9.75. The maximum absolute atomic E-state index is 12.6. The molecule has 0 bridgehead atoms. The van der Waals surface area contributed by atoms with E-state index in [9.17, 15) is 9.59 Å². The largest absolute Gasteiger partial charge is 0.352 e. The summed E-state index contributed by atoms with van der Waals surface area (Å²) >= 11 is 0. The summed E-state index contributed by atoms with van der Waals surface area (Å²) in [4.78, 5) is 23.6. The van der Waals surface area contributed by atoms with Gasteiger partial charge in [-0.25, -0.2) is 9.80 Å². The number of nitrogens with two attached hydrogens (primary N) is 1. The Labute approximate surface area is 133 Å². The topological polar surface area (TPSA) is 99.5 Å². The lowest BCUT2D eigenvalue weighted by Gasteiger charge is -2.47. The Balaban J connectivity index is 2.76. The van der Waals surface area contributed by atoms with Crippen molar-refractivity contribution in [3.8, 4) is 0 Å². The molecule has 128 valence electrons. The summed E-state index contributed by atoms with van der Waals surface area (Å²) in [5, 5.41) is 8.13. The molecule has 1 fully saturated rings. The number of piperidine rings is 1. The predicted molar refractivity (Wildman–Crippen MR) is 87.0 cm³/mol. The number of hydrazine groups is 1. The van der Waals surface area contributed by atoms with E-state index in [-0.39, 0.29) is 23.0 Å². The zero-order chi connectivity index (χ0) is 17.3. The highest BCUT2D eigenvalue weighted by molar-refractivity contribution is 5.86. The number of carbonyl (C=O) groups excluding carboxylic acids is 2. The van der Waals surface area contributed by atoms with Crippen molar-refractivity contribution in [2.75, 3.05) is 7.05 Å². The molecule has 1 aliphatic rings. The third-order valence-corrected chi connectivity index (χ3v) is 4.20. The van der Waals surface area contributed by atoms with Crippen LogP contribution >= 0.6 is 0 Å². The zero-order valence-corrected chi connectivity index (χ0v) is 14.8. The minimum atomic E-state index is -0.895. The summed E-state index contributed by atoms with van der Waals surface area (Å²) < 4.78 is 0. The van der Waals surface area contributed by atoms with Gasteiger partial charge in [0.1, 0.15) is 5.54 Å². The molecule has 0 atom stereocenters. The van der Waals surface area contributed by atoms with Gasteiger partial charge in [-0.1, -0.05) is 0 Å². The van der Waals surface area contributed by atoms with Crippen molar-refractivity contribution in [3.63, 3.8) is 0 Å². The minimum Gasteiger partial charge on any atom is -0.352 e. The van der Waals surface area contributed by atoms with Crippen molar-refractivity contribution in [3.05, 3.63) is 0 Å². The van der Waals surface area contributed by atoms with Crippen LogP contribution in [-0.2, 0) is 4.79 Å². The molecule has 0 saturated carbocycles. The fourth-order valence-electron chi connectivity index (χ4n) is 3.24. The predicted octanol–water partition coefficient (Wildman–Crippen LogP) is 0.706. The Bertz CT molecular complexity index is 429. The molecule has 1 heterocycles. The maximum atomic E-state index is 12.6. The molecule has 5 N–H and O–H groups in total. The second kappa shape index (κ2) is 6.04. The third kappa shape index (κ3) is 4.84. The second-order valence-corrected chi connectivity index (χ2v) is 8.07. The lowest BCUT2D eigenvalue weighted by atomic mass is 9.79. The number of primary amides is 1. The first-order valence-corrected chi connectivity index (χ1v) is 7.65. The van der Waals surface area contributed by atoms with E-state index in [2.05, 4.69) is 43.8 Å². The molecular weight excluding hydrogens is 282 g/mol. The van der Waals surface area contributed by atoms with E-state index in [1.165, 1.54) is 5.01 Å². The van der Waals surface area contributed by atoms with Crippen LogP contribution in [0.2, 0.25) is 0 Å². The van der Waals surface area contributed by atoms with Crippen molar-refractivity contribution in [1.82, 2.24) is 21.1 Å². The van der Waals surface area contributed by atoms with Crippen molar-refractivity contribution in [2.45, 2.75) is 77.0 Å². The highest BCUT2D eigenvalue weighted by atomic mass is 16.2. The molecule has 0 radical (unpaired) electrons. The standard InChI is InChI=1S/C15H31N5O2/c1-13(2)8-10(9-14(3,4)19-13)17-11(21)15(5,6)20(7)18-12(16)22/h10,19H,8-9H2,1-7H3,(H,17,21)(H3,16,18,22). The Morgan fingerprint density at radius 3 is 2.05 bits per heavy atom. The van der Waals surface area contributed by atoms with Crippen LogP contribution in [-0.4, -0.2) is 46.7 Å². The molecule has 0 aromatic heterocycles. The number of urea groups is 1. The summed E-state index contributed by atoms with van der Waals surface area (Å²) in [5.41, 5.74) is 6.57. The number of likely N-dealkylation sites (N-methyl/N-ethyl adjacent to an activating group) is 1. The van der Waals surface area contributed by atoms with Gasteiger partial charge < -0.3 is 16.4 Å². The molecule has 0 aromatic carbocycles. The summed E-state index contributed by atoms with van der Waals surface area (Å²) in [7, 11) is 1.63. The fourth-order valence-corrected chi connectivity index (χ4v) is 3.24. The SMILES string of the molecule is CN(NC(N)=O)C(C)(C)C(=O)NC1CC(C)(C)NC(C)(C)C1. The molecule has 0 unspecified atom stereocenters. The molecule has 22 heavy (non-hydrogen) atoms. The first kappa shape index (κ1) is 18.7. The van der Waals surface area contributed by atoms with Crippen LogP contribution in [0.1, 0.15) is 54.4 Å². The highest BCUT2D eigenvalue weighted by Gasteiger charge is 2.41. The number of amides is 3. The number of carbonyl (C=O) groups is 2. The van der Waals surface area contributed by atoms with Crippen LogP contribution in [0.4, 0.5) is 4.79 Å². The van der Waals surface area contributed by atoms with E-state index < -0.39 is 11.6 Å². The molecule has 1 rings (SSSR count). The average Bonchev–Trinajstić information content (AvgIpc) is 2.22. The minimum absolute atomic E-state index is 0.0405. The van der Waals surface area contributed by atoms with Gasteiger partial charge in [0.2, 0.25) is 5.91 Å². The van der Waals surface area contributed by atoms with E-state index >= 15 is 0 Å². The average molecular weight is 313 g/mol. The summed E-state index contributed by atoms with van der Waals surface area (Å²) in [6.07, 6.45) is 1.70. The Morgan fingerprint density at radius 2 is 1.64 bits per heavy atom. The third-order valence-electron chi connectivity index (χ3n) is 4.20. The van der Waals surface area contributed by atoms with Gasteiger partial charge in [0, 0.05) is 24.2 Å². The maximum Gasteiger partial charge on any atom is 0.326 e. The van der Waals surface area contributed by atoms with Crippen LogP contribution in [0.25, 0.3) is 0 Å². The fraction of sp³-hybridized carbons (Fsp3) is 0.867.